The summed E-state index contributed by atoms with van der Waals surface area (Å²) < 4.78 is 5.98. The monoisotopic (exact) mass is 352 g/mol. The molecule has 0 aliphatic carbocycles. The predicted molar refractivity (Wildman–Crippen MR) is 73.1 cm³/mol. The number of alkyl halides is 3. The number of hydrogen-bond donors (Lipinski definition) is 0. The minimum absolute atomic E-state index is 0.108. The summed E-state index contributed by atoms with van der Waals surface area (Å²) in [6, 6.07) is 0. The first kappa shape index (κ1) is 15.3. The molecule has 1 nitrogen and oxygen atoms in total. The SMILES string of the molecule is CCCCCCOC(CCl)C(I)CCl. The van der Waals surface area contributed by atoms with Crippen LogP contribution < -0.4 is 0 Å². The van der Waals surface area contributed by atoms with Gasteiger partial charge >= 0.3 is 0 Å². The Morgan fingerprint density at radius 2 is 1.86 bits per heavy atom. The molecule has 0 aromatic rings. The van der Waals surface area contributed by atoms with E-state index in [9.17, 15) is 0 Å². The molecule has 0 radical (unpaired) electrons. The van der Waals surface area contributed by atoms with Crippen molar-refractivity contribution in [3.05, 3.63) is 0 Å². The second-order valence-corrected chi connectivity index (χ2v) is 5.51. The van der Waals surface area contributed by atoms with Crippen molar-refractivity contribution in [1.82, 2.24) is 0 Å². The summed E-state index contributed by atoms with van der Waals surface area (Å²) in [5.41, 5.74) is 0. The molecule has 0 aromatic carbocycles. The Morgan fingerprint density at radius 3 is 2.36 bits per heavy atom. The van der Waals surface area contributed by atoms with E-state index in [0.717, 1.165) is 13.0 Å². The van der Waals surface area contributed by atoms with Crippen molar-refractivity contribution < 1.29 is 4.74 Å². The molecule has 0 heterocycles. The van der Waals surface area contributed by atoms with Crippen molar-refractivity contribution in [2.45, 2.75) is 42.6 Å². The summed E-state index contributed by atoms with van der Waals surface area (Å²) in [7, 11) is 0. The van der Waals surface area contributed by atoms with E-state index in [-0.39, 0.29) is 6.10 Å². The maximum Gasteiger partial charge on any atom is 0.0839 e. The maximum atomic E-state index is 5.79. The Kier molecular flexibility index (Phi) is 11.8. The largest absolute Gasteiger partial charge is 0.376 e. The topological polar surface area (TPSA) is 9.23 Å². The number of halogens is 3. The molecule has 0 rings (SSSR count). The van der Waals surface area contributed by atoms with Gasteiger partial charge in [0, 0.05) is 18.4 Å². The average molecular weight is 353 g/mol. The first-order valence-corrected chi connectivity index (χ1v) is 7.45. The van der Waals surface area contributed by atoms with Crippen LogP contribution in [0.5, 0.6) is 0 Å². The van der Waals surface area contributed by atoms with Gasteiger partial charge in [-0.1, -0.05) is 48.8 Å². The van der Waals surface area contributed by atoms with E-state index in [1.165, 1.54) is 19.3 Å². The zero-order valence-corrected chi connectivity index (χ0v) is 12.3. The molecule has 0 aliphatic heterocycles. The summed E-state index contributed by atoms with van der Waals surface area (Å²) in [5.74, 6) is 1.14. The van der Waals surface area contributed by atoms with E-state index < -0.39 is 0 Å². The van der Waals surface area contributed by atoms with Crippen molar-refractivity contribution in [3.63, 3.8) is 0 Å². The highest BCUT2D eigenvalue weighted by molar-refractivity contribution is 14.1. The fourth-order valence-corrected chi connectivity index (χ4v) is 2.37. The van der Waals surface area contributed by atoms with Crippen LogP contribution >= 0.6 is 45.8 Å². The second kappa shape index (κ2) is 10.8. The third kappa shape index (κ3) is 7.55. The van der Waals surface area contributed by atoms with Gasteiger partial charge in [-0.25, -0.2) is 0 Å². The van der Waals surface area contributed by atoms with Crippen LogP contribution in [0.25, 0.3) is 0 Å². The second-order valence-electron chi connectivity index (χ2n) is 3.29. The van der Waals surface area contributed by atoms with E-state index in [1.807, 2.05) is 0 Å². The van der Waals surface area contributed by atoms with Crippen molar-refractivity contribution in [2.75, 3.05) is 18.4 Å². The van der Waals surface area contributed by atoms with Gasteiger partial charge < -0.3 is 4.74 Å². The molecule has 0 spiro atoms. The summed E-state index contributed by atoms with van der Waals surface area (Å²) >= 11 is 13.8. The number of rotatable bonds is 9. The van der Waals surface area contributed by atoms with Gasteiger partial charge in [0.1, 0.15) is 0 Å². The average Bonchev–Trinajstić information content (AvgIpc) is 2.22. The standard InChI is InChI=1S/C10H19Cl2IO/c1-2-3-4-5-6-14-10(8-12)9(13)7-11/h9-10H,2-8H2,1H3. The normalized spacial score (nSPS) is 15.4. The lowest BCUT2D eigenvalue weighted by atomic mass is 10.2. The molecule has 86 valence electrons. The highest BCUT2D eigenvalue weighted by Gasteiger charge is 2.16. The molecule has 0 fully saturated rings. The van der Waals surface area contributed by atoms with Crippen LogP contribution in [-0.2, 0) is 4.74 Å². The lowest BCUT2D eigenvalue weighted by Gasteiger charge is -2.18. The molecule has 2 unspecified atom stereocenters. The van der Waals surface area contributed by atoms with Crippen molar-refractivity contribution in [3.8, 4) is 0 Å². The minimum Gasteiger partial charge on any atom is -0.376 e. The van der Waals surface area contributed by atoms with E-state index in [0.29, 0.717) is 15.7 Å². The molecule has 0 amide bonds. The molecule has 14 heavy (non-hydrogen) atoms. The van der Waals surface area contributed by atoms with Gasteiger partial charge in [0.15, 0.2) is 0 Å². The highest BCUT2D eigenvalue weighted by atomic mass is 127. The molecule has 0 bridgehead atoms. The smallest absolute Gasteiger partial charge is 0.0839 e. The summed E-state index contributed by atoms with van der Waals surface area (Å²) in [6.45, 7) is 3.02. The van der Waals surface area contributed by atoms with Crippen LogP contribution in [-0.4, -0.2) is 28.4 Å². The molecule has 0 N–H and O–H groups in total. The molecule has 0 aliphatic rings. The molecular weight excluding hydrogens is 334 g/mol. The number of ether oxygens (including phenoxy) is 1. The van der Waals surface area contributed by atoms with E-state index in [4.69, 9.17) is 27.9 Å². The zero-order valence-electron chi connectivity index (χ0n) is 8.65. The summed E-state index contributed by atoms with van der Waals surface area (Å²) in [6.07, 6.45) is 5.04. The van der Waals surface area contributed by atoms with Gasteiger partial charge in [-0.2, -0.15) is 0 Å². The van der Waals surface area contributed by atoms with Crippen LogP contribution in [0.3, 0.4) is 0 Å². The summed E-state index contributed by atoms with van der Waals surface area (Å²) in [4.78, 5) is 0. The fourth-order valence-electron chi connectivity index (χ4n) is 1.11. The Bertz CT molecular complexity index is 125. The molecule has 2 atom stereocenters. The third-order valence-electron chi connectivity index (χ3n) is 2.03. The van der Waals surface area contributed by atoms with Gasteiger partial charge in [-0.05, 0) is 6.42 Å². The van der Waals surface area contributed by atoms with Gasteiger partial charge in [0.05, 0.1) is 10.0 Å². The van der Waals surface area contributed by atoms with Gasteiger partial charge in [0.2, 0.25) is 0 Å². The quantitative estimate of drug-likeness (QED) is 0.342. The number of hydrogen-bond acceptors (Lipinski definition) is 1. The van der Waals surface area contributed by atoms with Gasteiger partial charge in [-0.3, -0.25) is 0 Å². The molecule has 0 aromatic heterocycles. The van der Waals surface area contributed by atoms with Crippen LogP contribution in [0.15, 0.2) is 0 Å². The van der Waals surface area contributed by atoms with Crippen molar-refractivity contribution in [2.24, 2.45) is 0 Å². The van der Waals surface area contributed by atoms with Crippen molar-refractivity contribution in [1.29, 1.82) is 0 Å². The lowest BCUT2D eigenvalue weighted by molar-refractivity contribution is 0.0699. The Labute approximate surface area is 111 Å². The maximum absolute atomic E-state index is 5.79. The van der Waals surface area contributed by atoms with Crippen LogP contribution in [0.2, 0.25) is 0 Å². The Hall–Kier alpha value is 1.27. The van der Waals surface area contributed by atoms with Crippen molar-refractivity contribution >= 4 is 45.8 Å². The molecule has 4 heteroatoms. The van der Waals surface area contributed by atoms with E-state index in [2.05, 4.69) is 29.5 Å². The number of unbranched alkanes of at least 4 members (excludes halogenated alkanes) is 3. The van der Waals surface area contributed by atoms with E-state index >= 15 is 0 Å². The third-order valence-corrected chi connectivity index (χ3v) is 4.43. The summed E-state index contributed by atoms with van der Waals surface area (Å²) in [5, 5.41) is 0. The van der Waals surface area contributed by atoms with Crippen LogP contribution in [0, 0.1) is 0 Å². The lowest BCUT2D eigenvalue weighted by Crippen LogP contribution is -2.27. The first-order chi connectivity index (χ1) is 6.76. The molecular formula is C10H19Cl2IO. The molecule has 0 saturated heterocycles. The van der Waals surface area contributed by atoms with Gasteiger partial charge in [0.25, 0.3) is 0 Å². The Balaban J connectivity index is 3.42. The zero-order chi connectivity index (χ0) is 10.8. The predicted octanol–water partition coefficient (Wildman–Crippen LogP) is 4.23. The molecule has 0 saturated carbocycles. The fraction of sp³-hybridized carbons (Fsp3) is 1.00. The van der Waals surface area contributed by atoms with Crippen LogP contribution in [0.1, 0.15) is 32.6 Å². The van der Waals surface area contributed by atoms with Gasteiger partial charge in [-0.15, -0.1) is 23.2 Å². The first-order valence-electron chi connectivity index (χ1n) is 5.13. The Morgan fingerprint density at radius 1 is 1.14 bits per heavy atom. The highest BCUT2D eigenvalue weighted by Crippen LogP contribution is 2.14. The minimum atomic E-state index is 0.108. The van der Waals surface area contributed by atoms with Crippen LogP contribution in [0.4, 0.5) is 0 Å². The van der Waals surface area contributed by atoms with E-state index in [1.54, 1.807) is 0 Å².